The highest BCUT2D eigenvalue weighted by Gasteiger charge is 2.19. The lowest BCUT2D eigenvalue weighted by Crippen LogP contribution is -2.08. The van der Waals surface area contributed by atoms with E-state index in [1.54, 1.807) is 12.1 Å². The van der Waals surface area contributed by atoms with Crippen LogP contribution in [0.2, 0.25) is 10.0 Å². The van der Waals surface area contributed by atoms with E-state index in [0.29, 0.717) is 10.0 Å². The summed E-state index contributed by atoms with van der Waals surface area (Å²) in [5.41, 5.74) is 0.368. The molecule has 0 fully saturated rings. The number of methoxy groups -OCH3 is 1. The summed E-state index contributed by atoms with van der Waals surface area (Å²) in [5.74, 6) is -0.231. The Morgan fingerprint density at radius 2 is 1.94 bits per heavy atom. The van der Waals surface area contributed by atoms with Crippen LogP contribution in [-0.4, -0.2) is 22.9 Å². The van der Waals surface area contributed by atoms with E-state index >= 15 is 0 Å². The zero-order valence-electron chi connectivity index (χ0n) is 9.35. The molecule has 0 N–H and O–H groups in total. The number of hydrogen-bond acceptors (Lipinski definition) is 4. The maximum atomic E-state index is 12.3. The number of ether oxygens (including phenoxy) is 1. The van der Waals surface area contributed by atoms with Crippen molar-refractivity contribution in [1.82, 2.24) is 9.97 Å². The van der Waals surface area contributed by atoms with Crippen molar-refractivity contribution in [3.8, 4) is 5.88 Å². The van der Waals surface area contributed by atoms with Crippen molar-refractivity contribution in [3.63, 3.8) is 0 Å². The number of carbonyl (C=O) groups excluding carboxylic acids is 1. The van der Waals surface area contributed by atoms with Gasteiger partial charge in [-0.1, -0.05) is 23.2 Å². The van der Waals surface area contributed by atoms with Crippen molar-refractivity contribution in [2.45, 2.75) is 0 Å². The first-order valence-corrected chi connectivity index (χ1v) is 5.74. The molecule has 2 aromatic rings. The summed E-state index contributed by atoms with van der Waals surface area (Å²) in [6.07, 6.45) is 2.85. The number of hydrogen-bond donors (Lipinski definition) is 0. The minimum atomic E-state index is -0.382. The standard InChI is InChI=1S/C12H8Cl2N2O2/c1-18-12-10(15-4-5-16-12)11(17)8-6-7(13)2-3-9(8)14/h2-6H,1H3. The normalized spacial score (nSPS) is 10.2. The van der Waals surface area contributed by atoms with Crippen LogP contribution >= 0.6 is 23.2 Å². The fourth-order valence-corrected chi connectivity index (χ4v) is 1.80. The molecule has 0 radical (unpaired) electrons. The maximum Gasteiger partial charge on any atom is 0.243 e. The van der Waals surface area contributed by atoms with Gasteiger partial charge in [0, 0.05) is 23.0 Å². The number of benzene rings is 1. The smallest absolute Gasteiger partial charge is 0.243 e. The van der Waals surface area contributed by atoms with Crippen molar-refractivity contribution in [2.24, 2.45) is 0 Å². The number of aromatic nitrogens is 2. The summed E-state index contributed by atoms with van der Waals surface area (Å²) < 4.78 is 4.99. The van der Waals surface area contributed by atoms with Crippen LogP contribution in [0, 0.1) is 0 Å². The summed E-state index contributed by atoms with van der Waals surface area (Å²) in [6.45, 7) is 0. The predicted molar refractivity (Wildman–Crippen MR) is 68.5 cm³/mol. The van der Waals surface area contributed by atoms with Crippen molar-refractivity contribution in [3.05, 3.63) is 51.9 Å². The van der Waals surface area contributed by atoms with Gasteiger partial charge in [0.05, 0.1) is 12.1 Å². The zero-order valence-corrected chi connectivity index (χ0v) is 10.9. The Bertz CT molecular complexity index is 602. The predicted octanol–water partition coefficient (Wildman–Crippen LogP) is 3.02. The van der Waals surface area contributed by atoms with Crippen LogP contribution in [0.3, 0.4) is 0 Å². The quantitative estimate of drug-likeness (QED) is 0.812. The van der Waals surface area contributed by atoms with Gasteiger partial charge in [-0.3, -0.25) is 4.79 Å². The van der Waals surface area contributed by atoms with E-state index < -0.39 is 0 Å². The Morgan fingerprint density at radius 1 is 1.22 bits per heavy atom. The van der Waals surface area contributed by atoms with Gasteiger partial charge in [0.25, 0.3) is 0 Å². The van der Waals surface area contributed by atoms with Gasteiger partial charge in [-0.25, -0.2) is 9.97 Å². The third-order valence-corrected chi connectivity index (χ3v) is 2.81. The highest BCUT2D eigenvalue weighted by Crippen LogP contribution is 2.25. The lowest BCUT2D eigenvalue weighted by Gasteiger charge is -2.06. The first-order valence-electron chi connectivity index (χ1n) is 4.98. The van der Waals surface area contributed by atoms with Gasteiger partial charge in [0.2, 0.25) is 11.7 Å². The molecule has 0 saturated heterocycles. The fourth-order valence-electron chi connectivity index (χ4n) is 1.43. The molecule has 0 spiro atoms. The lowest BCUT2D eigenvalue weighted by molar-refractivity contribution is 0.103. The molecule has 0 unspecified atom stereocenters. The van der Waals surface area contributed by atoms with Crippen LogP contribution in [0.5, 0.6) is 5.88 Å². The minimum absolute atomic E-state index is 0.101. The average molecular weight is 283 g/mol. The molecule has 0 atom stereocenters. The molecule has 92 valence electrons. The minimum Gasteiger partial charge on any atom is -0.479 e. The molecule has 0 amide bonds. The van der Waals surface area contributed by atoms with Gasteiger partial charge >= 0.3 is 0 Å². The van der Waals surface area contributed by atoms with E-state index in [9.17, 15) is 4.79 Å². The molecular weight excluding hydrogens is 275 g/mol. The third kappa shape index (κ3) is 2.44. The second-order valence-electron chi connectivity index (χ2n) is 3.37. The van der Waals surface area contributed by atoms with Crippen molar-refractivity contribution >= 4 is 29.0 Å². The Morgan fingerprint density at radius 3 is 2.67 bits per heavy atom. The van der Waals surface area contributed by atoms with Crippen molar-refractivity contribution < 1.29 is 9.53 Å². The molecule has 1 heterocycles. The summed E-state index contributed by atoms with van der Waals surface area (Å²) in [4.78, 5) is 20.1. The van der Waals surface area contributed by atoms with E-state index in [4.69, 9.17) is 27.9 Å². The third-order valence-electron chi connectivity index (χ3n) is 2.25. The number of halogens is 2. The first-order chi connectivity index (χ1) is 8.63. The second kappa shape index (κ2) is 5.33. The highest BCUT2D eigenvalue weighted by molar-refractivity contribution is 6.36. The summed E-state index contributed by atoms with van der Waals surface area (Å²) in [6, 6.07) is 4.65. The van der Waals surface area contributed by atoms with E-state index in [2.05, 4.69) is 9.97 Å². The molecule has 1 aromatic heterocycles. The van der Waals surface area contributed by atoms with Gasteiger partial charge < -0.3 is 4.74 Å². The van der Waals surface area contributed by atoms with E-state index in [1.807, 2.05) is 0 Å². The molecule has 6 heteroatoms. The monoisotopic (exact) mass is 282 g/mol. The van der Waals surface area contributed by atoms with Crippen LogP contribution < -0.4 is 4.74 Å². The van der Waals surface area contributed by atoms with Crippen LogP contribution in [0.25, 0.3) is 0 Å². The zero-order chi connectivity index (χ0) is 13.1. The van der Waals surface area contributed by atoms with Crippen LogP contribution in [0.15, 0.2) is 30.6 Å². The van der Waals surface area contributed by atoms with Gasteiger partial charge in [0.15, 0.2) is 5.69 Å². The largest absolute Gasteiger partial charge is 0.479 e. The summed E-state index contributed by atoms with van der Waals surface area (Å²) >= 11 is 11.8. The van der Waals surface area contributed by atoms with Crippen LogP contribution in [-0.2, 0) is 0 Å². The molecule has 0 bridgehead atoms. The Hall–Kier alpha value is -1.65. The Balaban J connectivity index is 2.51. The number of ketones is 1. The van der Waals surface area contributed by atoms with Crippen molar-refractivity contribution in [2.75, 3.05) is 7.11 Å². The number of rotatable bonds is 3. The molecule has 0 aliphatic carbocycles. The molecule has 4 nitrogen and oxygen atoms in total. The number of carbonyl (C=O) groups is 1. The van der Waals surface area contributed by atoms with Gasteiger partial charge in [-0.05, 0) is 18.2 Å². The molecular formula is C12H8Cl2N2O2. The van der Waals surface area contributed by atoms with E-state index in [-0.39, 0.29) is 22.9 Å². The Kier molecular flexibility index (Phi) is 3.79. The van der Waals surface area contributed by atoms with Gasteiger partial charge in [-0.15, -0.1) is 0 Å². The SMILES string of the molecule is COc1nccnc1C(=O)c1cc(Cl)ccc1Cl. The first kappa shape index (κ1) is 12.8. The van der Waals surface area contributed by atoms with E-state index in [0.717, 1.165) is 0 Å². The molecule has 0 aliphatic rings. The topological polar surface area (TPSA) is 52.1 Å². The lowest BCUT2D eigenvalue weighted by atomic mass is 10.1. The summed E-state index contributed by atoms with van der Waals surface area (Å²) in [5, 5.41) is 0.725. The van der Waals surface area contributed by atoms with E-state index in [1.165, 1.54) is 25.6 Å². The average Bonchev–Trinajstić information content (AvgIpc) is 2.40. The number of nitrogens with zero attached hydrogens (tertiary/aromatic N) is 2. The molecule has 0 saturated carbocycles. The molecule has 2 rings (SSSR count). The maximum absolute atomic E-state index is 12.3. The van der Waals surface area contributed by atoms with Gasteiger partial charge in [0.1, 0.15) is 0 Å². The molecule has 18 heavy (non-hydrogen) atoms. The van der Waals surface area contributed by atoms with Crippen molar-refractivity contribution in [1.29, 1.82) is 0 Å². The van der Waals surface area contributed by atoms with Gasteiger partial charge in [-0.2, -0.15) is 0 Å². The summed E-state index contributed by atoms with van der Waals surface area (Å²) in [7, 11) is 1.42. The molecule has 0 aliphatic heterocycles. The highest BCUT2D eigenvalue weighted by atomic mass is 35.5. The Labute approximate surface area is 114 Å². The van der Waals surface area contributed by atoms with Crippen LogP contribution in [0.1, 0.15) is 16.1 Å². The molecule has 1 aromatic carbocycles. The second-order valence-corrected chi connectivity index (χ2v) is 4.21. The van der Waals surface area contributed by atoms with Crippen LogP contribution in [0.4, 0.5) is 0 Å². The fraction of sp³-hybridized carbons (Fsp3) is 0.0833.